The molecule has 2 heteroatoms. The number of anilines is 1. The van der Waals surface area contributed by atoms with Crippen molar-refractivity contribution < 1.29 is 5.11 Å². The van der Waals surface area contributed by atoms with Crippen molar-refractivity contribution in [3.05, 3.63) is 24.3 Å². The zero-order valence-electron chi connectivity index (χ0n) is 10.7. The van der Waals surface area contributed by atoms with Gasteiger partial charge < -0.3 is 10.4 Å². The number of nitrogens with one attached hydrogen (secondary N) is 1. The molecule has 0 radical (unpaired) electrons. The first-order valence-electron chi connectivity index (χ1n) is 6.83. The fourth-order valence-corrected chi connectivity index (χ4v) is 2.89. The van der Waals surface area contributed by atoms with Crippen LogP contribution in [0.1, 0.15) is 45.4 Å². The monoisotopic (exact) mass is 233 g/mol. The third-order valence-electron chi connectivity index (χ3n) is 3.72. The van der Waals surface area contributed by atoms with Crippen LogP contribution >= 0.6 is 0 Å². The average molecular weight is 233 g/mol. The van der Waals surface area contributed by atoms with Gasteiger partial charge in [-0.25, -0.2) is 0 Å². The third kappa shape index (κ3) is 3.65. The van der Waals surface area contributed by atoms with E-state index in [-0.39, 0.29) is 0 Å². The molecule has 1 aromatic carbocycles. The summed E-state index contributed by atoms with van der Waals surface area (Å²) >= 11 is 0. The number of phenols is 1. The molecule has 0 bridgehead atoms. The molecule has 1 aliphatic carbocycles. The van der Waals surface area contributed by atoms with Gasteiger partial charge in [0.25, 0.3) is 0 Å². The molecule has 17 heavy (non-hydrogen) atoms. The van der Waals surface area contributed by atoms with E-state index in [4.69, 9.17) is 0 Å². The molecular weight excluding hydrogens is 210 g/mol. The first-order valence-corrected chi connectivity index (χ1v) is 6.83. The van der Waals surface area contributed by atoms with E-state index in [1.54, 1.807) is 12.1 Å². The molecule has 0 amide bonds. The Morgan fingerprint density at radius 3 is 2.71 bits per heavy atom. The zero-order chi connectivity index (χ0) is 12.1. The van der Waals surface area contributed by atoms with Crippen LogP contribution in [0.15, 0.2) is 24.3 Å². The fourth-order valence-electron chi connectivity index (χ4n) is 2.89. The lowest BCUT2D eigenvalue weighted by atomic mass is 9.83. The predicted molar refractivity (Wildman–Crippen MR) is 72.4 cm³/mol. The van der Waals surface area contributed by atoms with Gasteiger partial charge in [0.1, 0.15) is 5.75 Å². The lowest BCUT2D eigenvalue weighted by Crippen LogP contribution is -2.27. The maximum absolute atomic E-state index is 9.25. The van der Waals surface area contributed by atoms with Crippen LogP contribution in [-0.2, 0) is 0 Å². The lowest BCUT2D eigenvalue weighted by Gasteiger charge is -2.30. The highest BCUT2D eigenvalue weighted by atomic mass is 16.3. The number of hydrogen-bond acceptors (Lipinski definition) is 2. The Morgan fingerprint density at radius 1 is 1.24 bits per heavy atom. The van der Waals surface area contributed by atoms with Gasteiger partial charge in [-0.05, 0) is 43.0 Å². The van der Waals surface area contributed by atoms with Crippen LogP contribution in [0.25, 0.3) is 0 Å². The Bertz CT molecular complexity index is 331. The minimum Gasteiger partial charge on any atom is -0.508 e. The first kappa shape index (κ1) is 12.3. The molecule has 2 rings (SSSR count). The lowest BCUT2D eigenvalue weighted by molar-refractivity contribution is 0.316. The van der Waals surface area contributed by atoms with Crippen LogP contribution in [0, 0.1) is 5.92 Å². The van der Waals surface area contributed by atoms with E-state index in [0.717, 1.165) is 11.6 Å². The van der Waals surface area contributed by atoms with Crippen LogP contribution in [0.4, 0.5) is 5.69 Å². The van der Waals surface area contributed by atoms with Crippen LogP contribution in [0.2, 0.25) is 0 Å². The van der Waals surface area contributed by atoms with Gasteiger partial charge in [-0.1, -0.05) is 32.6 Å². The van der Waals surface area contributed by atoms with Gasteiger partial charge in [0.15, 0.2) is 0 Å². The van der Waals surface area contributed by atoms with Crippen LogP contribution in [-0.4, -0.2) is 11.1 Å². The second kappa shape index (κ2) is 5.95. The summed E-state index contributed by atoms with van der Waals surface area (Å²) in [5, 5.41) is 12.8. The molecule has 1 aliphatic rings. The van der Waals surface area contributed by atoms with Crippen molar-refractivity contribution >= 4 is 5.69 Å². The second-order valence-corrected chi connectivity index (χ2v) is 5.21. The van der Waals surface area contributed by atoms with Crippen molar-refractivity contribution in [1.82, 2.24) is 0 Å². The largest absolute Gasteiger partial charge is 0.508 e. The summed E-state index contributed by atoms with van der Waals surface area (Å²) in [7, 11) is 0. The van der Waals surface area contributed by atoms with E-state index in [1.807, 2.05) is 12.1 Å². The van der Waals surface area contributed by atoms with E-state index < -0.39 is 0 Å². The van der Waals surface area contributed by atoms with E-state index >= 15 is 0 Å². The second-order valence-electron chi connectivity index (χ2n) is 5.21. The Balaban J connectivity index is 1.87. The number of rotatable bonds is 4. The molecule has 0 aromatic heterocycles. The maximum atomic E-state index is 9.25. The van der Waals surface area contributed by atoms with Gasteiger partial charge in [0.05, 0.1) is 0 Å². The normalized spacial score (nSPS) is 24.5. The highest BCUT2D eigenvalue weighted by Gasteiger charge is 2.20. The molecule has 94 valence electrons. The van der Waals surface area contributed by atoms with Crippen molar-refractivity contribution in [2.24, 2.45) is 5.92 Å². The zero-order valence-corrected chi connectivity index (χ0v) is 10.7. The molecule has 2 atom stereocenters. The van der Waals surface area contributed by atoms with Gasteiger partial charge in [0.2, 0.25) is 0 Å². The summed E-state index contributed by atoms with van der Waals surface area (Å²) in [6.45, 7) is 2.27. The van der Waals surface area contributed by atoms with Gasteiger partial charge in [-0.2, -0.15) is 0 Å². The molecule has 0 spiro atoms. The van der Waals surface area contributed by atoms with Gasteiger partial charge >= 0.3 is 0 Å². The standard InChI is InChI=1S/C15H23NO/c1-2-4-12-5-3-6-14(11-12)16-13-7-9-15(17)10-8-13/h7-10,12,14,16-17H,2-6,11H2,1H3. The average Bonchev–Trinajstić information content (AvgIpc) is 2.33. The molecule has 2 nitrogen and oxygen atoms in total. The number of aromatic hydroxyl groups is 1. The van der Waals surface area contributed by atoms with Crippen molar-refractivity contribution in [3.8, 4) is 5.75 Å². The summed E-state index contributed by atoms with van der Waals surface area (Å²) in [6.07, 6.45) is 8.00. The Hall–Kier alpha value is -1.18. The van der Waals surface area contributed by atoms with Crippen molar-refractivity contribution in [2.75, 3.05) is 5.32 Å². The van der Waals surface area contributed by atoms with Crippen LogP contribution < -0.4 is 5.32 Å². The summed E-state index contributed by atoms with van der Waals surface area (Å²) < 4.78 is 0. The predicted octanol–water partition coefficient (Wildman–Crippen LogP) is 4.16. The van der Waals surface area contributed by atoms with Crippen molar-refractivity contribution in [3.63, 3.8) is 0 Å². The third-order valence-corrected chi connectivity index (χ3v) is 3.72. The van der Waals surface area contributed by atoms with Crippen molar-refractivity contribution in [2.45, 2.75) is 51.5 Å². The molecule has 1 saturated carbocycles. The summed E-state index contributed by atoms with van der Waals surface area (Å²) in [5.74, 6) is 1.24. The smallest absolute Gasteiger partial charge is 0.115 e. The molecule has 1 aromatic rings. The summed E-state index contributed by atoms with van der Waals surface area (Å²) in [5.41, 5.74) is 1.13. The summed E-state index contributed by atoms with van der Waals surface area (Å²) in [4.78, 5) is 0. The van der Waals surface area contributed by atoms with E-state index in [0.29, 0.717) is 11.8 Å². The Morgan fingerprint density at radius 2 is 2.00 bits per heavy atom. The highest BCUT2D eigenvalue weighted by molar-refractivity contribution is 5.46. The minimum absolute atomic E-state index is 0.336. The van der Waals surface area contributed by atoms with Crippen LogP contribution in [0.3, 0.4) is 0 Å². The summed E-state index contributed by atoms with van der Waals surface area (Å²) in [6, 6.07) is 8.02. The Kier molecular flexibility index (Phi) is 4.29. The van der Waals surface area contributed by atoms with Gasteiger partial charge in [-0.3, -0.25) is 0 Å². The minimum atomic E-state index is 0.336. The number of phenolic OH excluding ortho intramolecular Hbond substituents is 1. The van der Waals surface area contributed by atoms with E-state index in [2.05, 4.69) is 12.2 Å². The number of hydrogen-bond donors (Lipinski definition) is 2. The van der Waals surface area contributed by atoms with E-state index in [9.17, 15) is 5.11 Å². The first-order chi connectivity index (χ1) is 8.28. The van der Waals surface area contributed by atoms with Gasteiger partial charge in [0, 0.05) is 11.7 Å². The molecule has 2 N–H and O–H groups in total. The van der Waals surface area contributed by atoms with E-state index in [1.165, 1.54) is 38.5 Å². The topological polar surface area (TPSA) is 32.3 Å². The fraction of sp³-hybridized carbons (Fsp3) is 0.600. The SMILES string of the molecule is CCCC1CCCC(Nc2ccc(O)cc2)C1. The van der Waals surface area contributed by atoms with Crippen LogP contribution in [0.5, 0.6) is 5.75 Å². The van der Waals surface area contributed by atoms with Gasteiger partial charge in [-0.15, -0.1) is 0 Å². The highest BCUT2D eigenvalue weighted by Crippen LogP contribution is 2.29. The maximum Gasteiger partial charge on any atom is 0.115 e. The molecule has 1 fully saturated rings. The molecule has 0 aliphatic heterocycles. The molecular formula is C15H23NO. The quantitative estimate of drug-likeness (QED) is 0.765. The Labute approximate surface area is 104 Å². The molecule has 2 unspecified atom stereocenters. The molecule has 0 heterocycles. The molecule has 0 saturated heterocycles. The van der Waals surface area contributed by atoms with Crippen molar-refractivity contribution in [1.29, 1.82) is 0 Å². The number of benzene rings is 1.